The zero-order valence-corrected chi connectivity index (χ0v) is 11.3. The maximum Gasteiger partial charge on any atom is 0.251 e. The Labute approximate surface area is 116 Å². The summed E-state index contributed by atoms with van der Waals surface area (Å²) in [6.45, 7) is 0.981. The molecule has 1 aromatic rings. The molecule has 0 fully saturated rings. The van der Waals surface area contributed by atoms with Gasteiger partial charge in [0.05, 0.1) is 6.61 Å². The second kappa shape index (κ2) is 5.60. The Kier molecular flexibility index (Phi) is 4.06. The molecule has 1 aliphatic rings. The third kappa shape index (κ3) is 3.34. The van der Waals surface area contributed by atoms with Crippen LogP contribution in [0, 0.1) is 0 Å². The number of nitrogens with one attached hydrogen (secondary N) is 2. The predicted octanol–water partition coefficient (Wildman–Crippen LogP) is 0.0444. The number of hydrogen-bond acceptors (Lipinski definition) is 4. The molecule has 1 atom stereocenters. The van der Waals surface area contributed by atoms with Crippen LogP contribution in [-0.2, 0) is 11.2 Å². The second-order valence-electron chi connectivity index (χ2n) is 5.26. The van der Waals surface area contributed by atoms with Crippen LogP contribution in [0.2, 0.25) is 0 Å². The number of aliphatic hydroxyl groups excluding tert-OH is 1. The summed E-state index contributed by atoms with van der Waals surface area (Å²) < 4.78 is 0. The van der Waals surface area contributed by atoms with Gasteiger partial charge in [0.25, 0.3) is 5.91 Å². The van der Waals surface area contributed by atoms with Crippen molar-refractivity contribution in [1.82, 2.24) is 5.32 Å². The molecule has 0 radical (unpaired) electrons. The van der Waals surface area contributed by atoms with Gasteiger partial charge in [-0.05, 0) is 37.1 Å². The molecule has 0 saturated heterocycles. The van der Waals surface area contributed by atoms with Crippen LogP contribution in [0.3, 0.4) is 0 Å². The Hall–Kier alpha value is -1.92. The number of fused-ring (bicyclic) bond motifs is 1. The molecule has 1 aromatic carbocycles. The average molecular weight is 278 g/mol. The van der Waals surface area contributed by atoms with Gasteiger partial charge >= 0.3 is 0 Å². The second-order valence-corrected chi connectivity index (χ2v) is 5.26. The van der Waals surface area contributed by atoms with Gasteiger partial charge in [0.15, 0.2) is 0 Å². The highest BCUT2D eigenvalue weighted by Gasteiger charge is 2.21. The van der Waals surface area contributed by atoms with Crippen molar-refractivity contribution in [3.63, 3.8) is 0 Å². The average Bonchev–Trinajstić information content (AvgIpc) is 2.44. The van der Waals surface area contributed by atoms with Crippen molar-refractivity contribution in [2.45, 2.75) is 25.4 Å². The van der Waals surface area contributed by atoms with Gasteiger partial charge in [-0.25, -0.2) is 0 Å². The smallest absolute Gasteiger partial charge is 0.251 e. The van der Waals surface area contributed by atoms with Crippen molar-refractivity contribution in [2.24, 2.45) is 0 Å². The van der Waals surface area contributed by atoms with Crippen LogP contribution in [0.15, 0.2) is 18.2 Å². The number of hydrogen-bond donors (Lipinski definition) is 4. The Morgan fingerprint density at radius 1 is 1.45 bits per heavy atom. The summed E-state index contributed by atoms with van der Waals surface area (Å²) in [6.07, 6.45) is 1.02. The summed E-state index contributed by atoms with van der Waals surface area (Å²) in [5.74, 6) is -0.341. The van der Waals surface area contributed by atoms with Gasteiger partial charge in [-0.15, -0.1) is 0 Å². The molecule has 1 unspecified atom stereocenters. The van der Waals surface area contributed by atoms with E-state index in [1.54, 1.807) is 18.2 Å². The molecule has 2 rings (SSSR count). The fourth-order valence-corrected chi connectivity index (χ4v) is 1.95. The summed E-state index contributed by atoms with van der Waals surface area (Å²) in [7, 11) is 0. The number of benzene rings is 1. The molecule has 0 bridgehead atoms. The third-order valence-electron chi connectivity index (χ3n) is 3.23. The lowest BCUT2D eigenvalue weighted by Crippen LogP contribution is -2.43. The van der Waals surface area contributed by atoms with E-state index in [0.29, 0.717) is 18.4 Å². The quantitative estimate of drug-likeness (QED) is 0.625. The highest BCUT2D eigenvalue weighted by atomic mass is 16.3. The van der Waals surface area contributed by atoms with E-state index < -0.39 is 12.2 Å². The SMILES string of the molecule is CC(O)(CO)CNC(=O)c1ccc2c(c1)CCC(=O)N2. The molecule has 0 spiro atoms. The van der Waals surface area contributed by atoms with Crippen LogP contribution in [0.4, 0.5) is 5.69 Å². The van der Waals surface area contributed by atoms with Crippen LogP contribution >= 0.6 is 0 Å². The Bertz CT molecular complexity index is 540. The lowest BCUT2D eigenvalue weighted by molar-refractivity contribution is -0.116. The first-order valence-corrected chi connectivity index (χ1v) is 6.45. The van der Waals surface area contributed by atoms with Gasteiger partial charge in [-0.1, -0.05) is 0 Å². The lowest BCUT2D eigenvalue weighted by atomic mass is 10.00. The number of amides is 2. The molecule has 6 heteroatoms. The lowest BCUT2D eigenvalue weighted by Gasteiger charge is -2.21. The molecule has 20 heavy (non-hydrogen) atoms. The molecular weight excluding hydrogens is 260 g/mol. The predicted molar refractivity (Wildman–Crippen MR) is 73.4 cm³/mol. The standard InChI is InChI=1S/C14H18N2O4/c1-14(20,8-17)7-15-13(19)10-2-4-11-9(6-10)3-5-12(18)16-11/h2,4,6,17,20H,3,5,7-8H2,1H3,(H,15,19)(H,16,18). The molecule has 4 N–H and O–H groups in total. The Balaban J connectivity index is 2.06. The maximum atomic E-state index is 12.0. The molecule has 1 aliphatic heterocycles. The van der Waals surface area contributed by atoms with Crippen molar-refractivity contribution < 1.29 is 19.8 Å². The minimum absolute atomic E-state index is 0.0197. The van der Waals surface area contributed by atoms with Gasteiger partial charge in [0.2, 0.25) is 5.91 Å². The first kappa shape index (κ1) is 14.5. The minimum Gasteiger partial charge on any atom is -0.393 e. The molecular formula is C14H18N2O4. The zero-order chi connectivity index (χ0) is 14.8. The van der Waals surface area contributed by atoms with E-state index in [9.17, 15) is 14.7 Å². The van der Waals surface area contributed by atoms with E-state index in [4.69, 9.17) is 5.11 Å². The van der Waals surface area contributed by atoms with Gasteiger partial charge in [-0.3, -0.25) is 9.59 Å². The van der Waals surface area contributed by atoms with Crippen molar-refractivity contribution in [1.29, 1.82) is 0 Å². The number of rotatable bonds is 4. The zero-order valence-electron chi connectivity index (χ0n) is 11.3. The maximum absolute atomic E-state index is 12.0. The molecule has 0 saturated carbocycles. The molecule has 2 amide bonds. The summed E-state index contributed by atoms with van der Waals surface area (Å²) in [4.78, 5) is 23.2. The first-order chi connectivity index (χ1) is 9.41. The van der Waals surface area contributed by atoms with E-state index in [2.05, 4.69) is 10.6 Å². The normalized spacial score (nSPS) is 16.9. The minimum atomic E-state index is -1.34. The van der Waals surface area contributed by atoms with Crippen LogP contribution in [0.5, 0.6) is 0 Å². The van der Waals surface area contributed by atoms with Crippen molar-refractivity contribution >= 4 is 17.5 Å². The summed E-state index contributed by atoms with van der Waals surface area (Å²) in [6, 6.07) is 5.05. The van der Waals surface area contributed by atoms with E-state index in [1.807, 2.05) is 0 Å². The number of aliphatic hydroxyl groups is 2. The molecule has 6 nitrogen and oxygen atoms in total. The Morgan fingerprint density at radius 3 is 2.90 bits per heavy atom. The molecule has 0 aromatic heterocycles. The van der Waals surface area contributed by atoms with Crippen molar-refractivity contribution in [3.8, 4) is 0 Å². The highest BCUT2D eigenvalue weighted by Crippen LogP contribution is 2.23. The molecule has 108 valence electrons. The summed E-state index contributed by atoms with van der Waals surface area (Å²) >= 11 is 0. The number of anilines is 1. The topological polar surface area (TPSA) is 98.7 Å². The van der Waals surface area contributed by atoms with Crippen molar-refractivity contribution in [3.05, 3.63) is 29.3 Å². The third-order valence-corrected chi connectivity index (χ3v) is 3.23. The van der Waals surface area contributed by atoms with Gasteiger partial charge in [0.1, 0.15) is 5.60 Å². The number of carbonyl (C=O) groups excluding carboxylic acids is 2. The van der Waals surface area contributed by atoms with E-state index in [0.717, 1.165) is 11.3 Å². The van der Waals surface area contributed by atoms with Crippen molar-refractivity contribution in [2.75, 3.05) is 18.5 Å². The van der Waals surface area contributed by atoms with Crippen LogP contribution < -0.4 is 10.6 Å². The monoisotopic (exact) mass is 278 g/mol. The summed E-state index contributed by atoms with van der Waals surface area (Å²) in [5.41, 5.74) is 0.789. The van der Waals surface area contributed by atoms with E-state index in [-0.39, 0.29) is 18.4 Å². The molecule has 0 aliphatic carbocycles. The fraction of sp³-hybridized carbons (Fsp3) is 0.429. The van der Waals surface area contributed by atoms with Gasteiger partial charge < -0.3 is 20.8 Å². The van der Waals surface area contributed by atoms with Crippen LogP contribution in [0.1, 0.15) is 29.3 Å². The van der Waals surface area contributed by atoms with Crippen LogP contribution in [0.25, 0.3) is 0 Å². The molecule has 1 heterocycles. The number of aryl methyl sites for hydroxylation is 1. The van der Waals surface area contributed by atoms with E-state index in [1.165, 1.54) is 6.92 Å². The number of carbonyl (C=O) groups is 2. The van der Waals surface area contributed by atoms with E-state index >= 15 is 0 Å². The Morgan fingerprint density at radius 2 is 2.20 bits per heavy atom. The largest absolute Gasteiger partial charge is 0.393 e. The highest BCUT2D eigenvalue weighted by molar-refractivity contribution is 5.97. The van der Waals surface area contributed by atoms with Gasteiger partial charge in [0, 0.05) is 24.2 Å². The van der Waals surface area contributed by atoms with Gasteiger partial charge in [-0.2, -0.15) is 0 Å². The summed E-state index contributed by atoms with van der Waals surface area (Å²) in [5, 5.41) is 23.9. The first-order valence-electron chi connectivity index (χ1n) is 6.45. The van der Waals surface area contributed by atoms with Crippen LogP contribution in [-0.4, -0.2) is 40.8 Å². The fourth-order valence-electron chi connectivity index (χ4n) is 1.95.